The van der Waals surface area contributed by atoms with Crippen LogP contribution in [-0.2, 0) is 4.79 Å². The largest absolute Gasteiger partial charge is 0.433 e. The fourth-order valence-corrected chi connectivity index (χ4v) is 4.00. The van der Waals surface area contributed by atoms with Crippen molar-refractivity contribution < 1.29 is 18.3 Å². The highest BCUT2D eigenvalue weighted by atomic mass is 19.3. The maximum atomic E-state index is 12.6. The van der Waals surface area contributed by atoms with Gasteiger partial charge < -0.3 is 10.1 Å². The SMILES string of the molecule is CCN(CC(=O)Nc1ccccc1OC(F)F)C1CCN(C(C)c2ccccc2)C1. The first-order valence-electron chi connectivity index (χ1n) is 10.3. The van der Waals surface area contributed by atoms with Gasteiger partial charge in [0, 0.05) is 25.2 Å². The smallest absolute Gasteiger partial charge is 0.387 e. The van der Waals surface area contributed by atoms with Gasteiger partial charge in [-0.2, -0.15) is 8.78 Å². The molecule has 0 spiro atoms. The van der Waals surface area contributed by atoms with E-state index in [4.69, 9.17) is 0 Å². The lowest BCUT2D eigenvalue weighted by Gasteiger charge is -2.29. The predicted octanol–water partition coefficient (Wildman–Crippen LogP) is 4.38. The Labute approximate surface area is 176 Å². The molecular formula is C23H29F2N3O2. The number of ether oxygens (including phenoxy) is 1. The minimum atomic E-state index is -2.94. The first kappa shape index (κ1) is 22.2. The molecule has 1 fully saturated rings. The average molecular weight is 418 g/mol. The van der Waals surface area contributed by atoms with Gasteiger partial charge in [0.25, 0.3) is 0 Å². The van der Waals surface area contributed by atoms with Gasteiger partial charge >= 0.3 is 6.61 Å². The fraction of sp³-hybridized carbons (Fsp3) is 0.435. The monoisotopic (exact) mass is 417 g/mol. The van der Waals surface area contributed by atoms with Crippen molar-refractivity contribution in [3.63, 3.8) is 0 Å². The van der Waals surface area contributed by atoms with Gasteiger partial charge in [-0.1, -0.05) is 49.4 Å². The summed E-state index contributed by atoms with van der Waals surface area (Å²) in [6, 6.07) is 17.2. The van der Waals surface area contributed by atoms with Crippen molar-refractivity contribution in [2.24, 2.45) is 0 Å². The molecule has 2 aromatic carbocycles. The Kier molecular flexibility index (Phi) is 7.76. The van der Waals surface area contributed by atoms with Crippen LogP contribution in [0.4, 0.5) is 14.5 Å². The summed E-state index contributed by atoms with van der Waals surface area (Å²) in [4.78, 5) is 17.2. The topological polar surface area (TPSA) is 44.8 Å². The number of nitrogens with one attached hydrogen (secondary N) is 1. The van der Waals surface area contributed by atoms with E-state index in [2.05, 4.69) is 51.0 Å². The second-order valence-electron chi connectivity index (χ2n) is 7.51. The Morgan fingerprint density at radius 3 is 2.60 bits per heavy atom. The summed E-state index contributed by atoms with van der Waals surface area (Å²) < 4.78 is 29.7. The minimum absolute atomic E-state index is 0.0346. The molecule has 0 bridgehead atoms. The number of likely N-dealkylation sites (N-methyl/N-ethyl adjacent to an activating group) is 1. The van der Waals surface area contributed by atoms with Crippen molar-refractivity contribution >= 4 is 11.6 Å². The number of benzene rings is 2. The highest BCUT2D eigenvalue weighted by Crippen LogP contribution is 2.27. The molecule has 1 heterocycles. The highest BCUT2D eigenvalue weighted by molar-refractivity contribution is 5.93. The molecule has 2 atom stereocenters. The summed E-state index contributed by atoms with van der Waals surface area (Å²) in [5.41, 5.74) is 1.54. The number of carbonyl (C=O) groups is 1. The van der Waals surface area contributed by atoms with Gasteiger partial charge in [0.15, 0.2) is 0 Å². The van der Waals surface area contributed by atoms with Gasteiger partial charge in [-0.05, 0) is 37.6 Å². The molecule has 1 amide bonds. The van der Waals surface area contributed by atoms with E-state index >= 15 is 0 Å². The molecule has 0 aromatic heterocycles. The summed E-state index contributed by atoms with van der Waals surface area (Å²) in [5, 5.41) is 2.71. The quantitative estimate of drug-likeness (QED) is 0.658. The van der Waals surface area contributed by atoms with Crippen molar-refractivity contribution in [1.82, 2.24) is 9.80 Å². The minimum Gasteiger partial charge on any atom is -0.433 e. The van der Waals surface area contributed by atoms with E-state index in [9.17, 15) is 13.6 Å². The van der Waals surface area contributed by atoms with Crippen molar-refractivity contribution in [2.45, 2.75) is 39.0 Å². The standard InChI is InChI=1S/C23H29F2N3O2/c1-3-27(16-22(29)26-20-11-7-8-12-21(20)30-23(24)25)19-13-14-28(15-19)17(2)18-9-5-4-6-10-18/h4-12,17,19,23H,3,13-16H2,1-2H3,(H,26,29). The molecule has 30 heavy (non-hydrogen) atoms. The molecule has 0 saturated carbocycles. The number of alkyl halides is 2. The van der Waals surface area contributed by atoms with Crippen molar-refractivity contribution in [3.05, 3.63) is 60.2 Å². The van der Waals surface area contributed by atoms with Crippen molar-refractivity contribution in [3.8, 4) is 5.75 Å². The van der Waals surface area contributed by atoms with E-state index < -0.39 is 6.61 Å². The molecular weight excluding hydrogens is 388 g/mol. The second-order valence-corrected chi connectivity index (χ2v) is 7.51. The maximum Gasteiger partial charge on any atom is 0.387 e. The highest BCUT2D eigenvalue weighted by Gasteiger charge is 2.31. The summed E-state index contributed by atoms with van der Waals surface area (Å²) in [6.07, 6.45) is 0.989. The zero-order chi connectivity index (χ0) is 21.5. The van der Waals surface area contributed by atoms with E-state index in [1.54, 1.807) is 18.2 Å². The molecule has 1 saturated heterocycles. The first-order chi connectivity index (χ1) is 14.5. The van der Waals surface area contributed by atoms with Crippen LogP contribution in [0.25, 0.3) is 0 Å². The zero-order valence-corrected chi connectivity index (χ0v) is 17.4. The summed E-state index contributed by atoms with van der Waals surface area (Å²) in [6.45, 7) is 4.11. The average Bonchev–Trinajstić information content (AvgIpc) is 3.23. The van der Waals surface area contributed by atoms with Crippen LogP contribution in [-0.4, -0.2) is 54.5 Å². The van der Waals surface area contributed by atoms with E-state index in [0.29, 0.717) is 6.04 Å². The lowest BCUT2D eigenvalue weighted by Crippen LogP contribution is -2.42. The third kappa shape index (κ3) is 5.77. The Bertz CT molecular complexity index is 819. The number of rotatable bonds is 9. The first-order valence-corrected chi connectivity index (χ1v) is 10.3. The molecule has 1 N–H and O–H groups in total. The molecule has 162 valence electrons. The van der Waals surface area contributed by atoms with Gasteiger partial charge in [-0.25, -0.2) is 0 Å². The van der Waals surface area contributed by atoms with Crippen LogP contribution in [0.3, 0.4) is 0 Å². The van der Waals surface area contributed by atoms with Crippen LogP contribution in [0.15, 0.2) is 54.6 Å². The Morgan fingerprint density at radius 1 is 1.20 bits per heavy atom. The van der Waals surface area contributed by atoms with E-state index in [0.717, 1.165) is 26.1 Å². The number of anilines is 1. The van der Waals surface area contributed by atoms with E-state index in [-0.39, 0.29) is 29.9 Å². The van der Waals surface area contributed by atoms with Gasteiger partial charge in [-0.15, -0.1) is 0 Å². The van der Waals surface area contributed by atoms with Gasteiger partial charge in [0.1, 0.15) is 5.75 Å². The number of hydrogen-bond donors (Lipinski definition) is 1. The fourth-order valence-electron chi connectivity index (χ4n) is 4.00. The van der Waals surface area contributed by atoms with Crippen LogP contribution in [0.2, 0.25) is 0 Å². The third-order valence-electron chi connectivity index (χ3n) is 5.67. The molecule has 1 aliphatic heterocycles. The molecule has 5 nitrogen and oxygen atoms in total. The number of nitrogens with zero attached hydrogens (tertiary/aromatic N) is 2. The number of hydrogen-bond acceptors (Lipinski definition) is 4. The van der Waals surface area contributed by atoms with Crippen LogP contribution in [0.1, 0.15) is 31.9 Å². The number of carbonyl (C=O) groups excluding carboxylic acids is 1. The third-order valence-corrected chi connectivity index (χ3v) is 5.67. The Balaban J connectivity index is 1.57. The van der Waals surface area contributed by atoms with Crippen LogP contribution in [0.5, 0.6) is 5.75 Å². The summed E-state index contributed by atoms with van der Waals surface area (Å²) in [7, 11) is 0. The molecule has 0 aliphatic carbocycles. The number of para-hydroxylation sites is 2. The number of halogens is 2. The Hall–Kier alpha value is -2.51. The summed E-state index contributed by atoms with van der Waals surface area (Å²) >= 11 is 0. The van der Waals surface area contributed by atoms with Crippen molar-refractivity contribution in [2.75, 3.05) is 31.5 Å². The summed E-state index contributed by atoms with van der Waals surface area (Å²) in [5.74, 6) is -0.274. The molecule has 2 unspecified atom stereocenters. The number of amides is 1. The Morgan fingerprint density at radius 2 is 1.90 bits per heavy atom. The van der Waals surface area contributed by atoms with E-state index in [1.807, 2.05) is 13.0 Å². The van der Waals surface area contributed by atoms with Crippen molar-refractivity contribution in [1.29, 1.82) is 0 Å². The van der Waals surface area contributed by atoms with E-state index in [1.165, 1.54) is 11.6 Å². The van der Waals surface area contributed by atoms with Crippen LogP contribution < -0.4 is 10.1 Å². The molecule has 0 radical (unpaired) electrons. The maximum absolute atomic E-state index is 12.6. The van der Waals surface area contributed by atoms with Gasteiger partial charge in [-0.3, -0.25) is 14.6 Å². The lowest BCUT2D eigenvalue weighted by molar-refractivity contribution is -0.117. The molecule has 7 heteroatoms. The van der Waals surface area contributed by atoms with Gasteiger partial charge in [0.05, 0.1) is 12.2 Å². The normalized spacial score (nSPS) is 18.0. The molecule has 2 aromatic rings. The molecule has 1 aliphatic rings. The zero-order valence-electron chi connectivity index (χ0n) is 17.4. The lowest BCUT2D eigenvalue weighted by atomic mass is 10.1. The molecule has 3 rings (SSSR count). The van der Waals surface area contributed by atoms with Gasteiger partial charge in [0.2, 0.25) is 5.91 Å². The second kappa shape index (κ2) is 10.5. The number of likely N-dealkylation sites (tertiary alicyclic amines) is 1. The predicted molar refractivity (Wildman–Crippen MR) is 114 cm³/mol. The van der Waals surface area contributed by atoms with Crippen LogP contribution in [0, 0.1) is 0 Å². The van der Waals surface area contributed by atoms with Crippen LogP contribution >= 0.6 is 0 Å².